The highest BCUT2D eigenvalue weighted by atomic mass is 16.5. The number of benzene rings is 1. The molecule has 132 valence electrons. The molecule has 7 nitrogen and oxygen atoms in total. The standard InChI is InChI=1S/C18H20N2O5/c1-23-14-6-8-15(9-7-14)25-11-3-4-17(21)20-16-10-5-13(12-19-16)18(22)24-2/h5-10,12H,3-4,11H2,1-2H3,(H,19,20,21). The van der Waals surface area contributed by atoms with Gasteiger partial charge in [0.25, 0.3) is 0 Å². The Bertz CT molecular complexity index is 698. The number of esters is 1. The van der Waals surface area contributed by atoms with Crippen molar-refractivity contribution in [3.63, 3.8) is 0 Å². The maximum atomic E-state index is 11.9. The number of nitrogens with one attached hydrogen (secondary N) is 1. The lowest BCUT2D eigenvalue weighted by Crippen LogP contribution is -2.14. The Morgan fingerprint density at radius 3 is 2.36 bits per heavy atom. The maximum absolute atomic E-state index is 11.9. The molecule has 0 saturated heterocycles. The van der Waals surface area contributed by atoms with Gasteiger partial charge in [0.1, 0.15) is 17.3 Å². The monoisotopic (exact) mass is 344 g/mol. The van der Waals surface area contributed by atoms with E-state index in [1.54, 1.807) is 19.2 Å². The van der Waals surface area contributed by atoms with Crippen LogP contribution in [0.15, 0.2) is 42.6 Å². The van der Waals surface area contributed by atoms with Crippen LogP contribution in [0.2, 0.25) is 0 Å². The van der Waals surface area contributed by atoms with Crippen molar-refractivity contribution < 1.29 is 23.8 Å². The van der Waals surface area contributed by atoms with Crippen LogP contribution in [0.25, 0.3) is 0 Å². The third-order valence-electron chi connectivity index (χ3n) is 3.33. The molecule has 7 heteroatoms. The molecule has 0 aliphatic carbocycles. The van der Waals surface area contributed by atoms with Gasteiger partial charge in [-0.05, 0) is 42.8 Å². The van der Waals surface area contributed by atoms with E-state index in [0.29, 0.717) is 30.8 Å². The van der Waals surface area contributed by atoms with Crippen molar-refractivity contribution in [3.8, 4) is 11.5 Å². The first-order chi connectivity index (χ1) is 12.1. The smallest absolute Gasteiger partial charge is 0.339 e. The Kier molecular flexibility index (Phi) is 6.76. The molecular weight excluding hydrogens is 324 g/mol. The predicted octanol–water partition coefficient (Wildman–Crippen LogP) is 2.67. The molecule has 1 amide bonds. The highest BCUT2D eigenvalue weighted by Crippen LogP contribution is 2.17. The fourth-order valence-electron chi connectivity index (χ4n) is 2.01. The van der Waals surface area contributed by atoms with Crippen LogP contribution in [0, 0.1) is 0 Å². The fraction of sp³-hybridized carbons (Fsp3) is 0.278. The lowest BCUT2D eigenvalue weighted by atomic mass is 10.2. The van der Waals surface area contributed by atoms with Gasteiger partial charge in [0, 0.05) is 12.6 Å². The largest absolute Gasteiger partial charge is 0.497 e. The van der Waals surface area contributed by atoms with Crippen molar-refractivity contribution in [2.24, 2.45) is 0 Å². The number of ether oxygens (including phenoxy) is 3. The van der Waals surface area contributed by atoms with E-state index in [2.05, 4.69) is 15.0 Å². The van der Waals surface area contributed by atoms with Crippen LogP contribution in [0.5, 0.6) is 11.5 Å². The van der Waals surface area contributed by atoms with Gasteiger partial charge in [0.15, 0.2) is 0 Å². The van der Waals surface area contributed by atoms with Crippen molar-refractivity contribution in [2.45, 2.75) is 12.8 Å². The molecule has 0 aliphatic heterocycles. The van der Waals surface area contributed by atoms with Gasteiger partial charge >= 0.3 is 5.97 Å². The van der Waals surface area contributed by atoms with Crippen molar-refractivity contribution >= 4 is 17.7 Å². The number of pyridine rings is 1. The molecule has 1 N–H and O–H groups in total. The molecule has 0 atom stereocenters. The Balaban J connectivity index is 1.70. The molecule has 0 radical (unpaired) electrons. The molecule has 1 aromatic carbocycles. The topological polar surface area (TPSA) is 86.8 Å². The zero-order valence-electron chi connectivity index (χ0n) is 14.2. The van der Waals surface area contributed by atoms with Crippen molar-refractivity contribution in [1.29, 1.82) is 0 Å². The number of carbonyl (C=O) groups is 2. The zero-order valence-corrected chi connectivity index (χ0v) is 14.2. The first kappa shape index (κ1) is 18.3. The molecule has 0 spiro atoms. The molecule has 0 aliphatic rings. The van der Waals surface area contributed by atoms with Gasteiger partial charge in [-0.25, -0.2) is 9.78 Å². The molecule has 2 aromatic rings. The van der Waals surface area contributed by atoms with E-state index in [-0.39, 0.29) is 5.91 Å². The highest BCUT2D eigenvalue weighted by molar-refractivity contribution is 5.91. The van der Waals surface area contributed by atoms with Crippen LogP contribution in [0.4, 0.5) is 5.82 Å². The number of anilines is 1. The summed E-state index contributed by atoms with van der Waals surface area (Å²) in [6.07, 6.45) is 2.23. The van der Waals surface area contributed by atoms with Crippen LogP contribution >= 0.6 is 0 Å². The summed E-state index contributed by atoms with van der Waals surface area (Å²) in [6.45, 7) is 0.425. The minimum Gasteiger partial charge on any atom is -0.497 e. The first-order valence-electron chi connectivity index (χ1n) is 7.73. The Hall–Kier alpha value is -3.09. The molecule has 0 unspecified atom stereocenters. The first-order valence-corrected chi connectivity index (χ1v) is 7.73. The summed E-state index contributed by atoms with van der Waals surface area (Å²) in [4.78, 5) is 27.2. The molecular formula is C18H20N2O5. The van der Waals surface area contributed by atoms with Gasteiger partial charge in [-0.2, -0.15) is 0 Å². The summed E-state index contributed by atoms with van der Waals surface area (Å²) < 4.78 is 15.2. The van der Waals surface area contributed by atoms with Crippen molar-refractivity contribution in [3.05, 3.63) is 48.2 Å². The van der Waals surface area contributed by atoms with Crippen LogP contribution in [0.3, 0.4) is 0 Å². The molecule has 2 rings (SSSR count). The molecule has 0 fully saturated rings. The lowest BCUT2D eigenvalue weighted by molar-refractivity contribution is -0.116. The number of carbonyl (C=O) groups excluding carboxylic acids is 2. The summed E-state index contributed by atoms with van der Waals surface area (Å²) in [5, 5.41) is 2.67. The van der Waals surface area contributed by atoms with E-state index in [1.807, 2.05) is 24.3 Å². The molecule has 0 saturated carbocycles. The van der Waals surface area contributed by atoms with Gasteiger partial charge in [-0.15, -0.1) is 0 Å². The summed E-state index contributed by atoms with van der Waals surface area (Å²) in [5.74, 6) is 1.23. The van der Waals surface area contributed by atoms with E-state index in [1.165, 1.54) is 13.3 Å². The number of rotatable bonds is 8. The van der Waals surface area contributed by atoms with Gasteiger partial charge in [-0.3, -0.25) is 4.79 Å². The van der Waals surface area contributed by atoms with Gasteiger partial charge < -0.3 is 19.5 Å². The second kappa shape index (κ2) is 9.27. The number of nitrogens with zero attached hydrogens (tertiary/aromatic N) is 1. The molecule has 1 heterocycles. The van der Waals surface area contributed by atoms with Gasteiger partial charge in [0.05, 0.1) is 26.4 Å². The summed E-state index contributed by atoms with van der Waals surface area (Å²) >= 11 is 0. The average molecular weight is 344 g/mol. The van der Waals surface area contributed by atoms with E-state index in [9.17, 15) is 9.59 Å². The van der Waals surface area contributed by atoms with Gasteiger partial charge in [-0.1, -0.05) is 0 Å². The van der Waals surface area contributed by atoms with E-state index >= 15 is 0 Å². The SMILES string of the molecule is COC(=O)c1ccc(NC(=O)CCCOc2ccc(OC)cc2)nc1. The third-order valence-corrected chi connectivity index (χ3v) is 3.33. The van der Waals surface area contributed by atoms with E-state index in [4.69, 9.17) is 9.47 Å². The fourth-order valence-corrected chi connectivity index (χ4v) is 2.01. The van der Waals surface area contributed by atoms with Crippen LogP contribution in [0.1, 0.15) is 23.2 Å². The van der Waals surface area contributed by atoms with E-state index < -0.39 is 5.97 Å². The maximum Gasteiger partial charge on any atom is 0.339 e. The minimum absolute atomic E-state index is 0.170. The van der Waals surface area contributed by atoms with Crippen molar-refractivity contribution in [2.75, 3.05) is 26.1 Å². The Morgan fingerprint density at radius 2 is 1.76 bits per heavy atom. The van der Waals surface area contributed by atoms with E-state index in [0.717, 1.165) is 11.5 Å². The normalized spacial score (nSPS) is 10.0. The number of hydrogen-bond acceptors (Lipinski definition) is 6. The van der Waals surface area contributed by atoms with Crippen LogP contribution < -0.4 is 14.8 Å². The molecule has 0 bridgehead atoms. The van der Waals surface area contributed by atoms with Crippen LogP contribution in [-0.2, 0) is 9.53 Å². The quantitative estimate of drug-likeness (QED) is 0.585. The predicted molar refractivity (Wildman–Crippen MR) is 91.9 cm³/mol. The summed E-state index contributed by atoms with van der Waals surface area (Å²) in [6, 6.07) is 10.3. The number of hydrogen-bond donors (Lipinski definition) is 1. The number of aromatic nitrogens is 1. The van der Waals surface area contributed by atoms with Gasteiger partial charge in [0.2, 0.25) is 5.91 Å². The lowest BCUT2D eigenvalue weighted by Gasteiger charge is -2.07. The number of amides is 1. The molecule has 25 heavy (non-hydrogen) atoms. The minimum atomic E-state index is -0.471. The molecule has 1 aromatic heterocycles. The third kappa shape index (κ3) is 5.80. The highest BCUT2D eigenvalue weighted by Gasteiger charge is 2.07. The summed E-state index contributed by atoms with van der Waals surface area (Å²) in [7, 11) is 2.90. The Morgan fingerprint density at radius 1 is 1.04 bits per heavy atom. The average Bonchev–Trinajstić information content (AvgIpc) is 2.65. The Labute approximate surface area is 145 Å². The number of methoxy groups -OCH3 is 2. The summed E-state index contributed by atoms with van der Waals surface area (Å²) in [5.41, 5.74) is 0.327. The zero-order chi connectivity index (χ0) is 18.1. The second-order valence-corrected chi connectivity index (χ2v) is 5.10. The van der Waals surface area contributed by atoms with Crippen LogP contribution in [-0.4, -0.2) is 37.7 Å². The van der Waals surface area contributed by atoms with Crippen molar-refractivity contribution in [1.82, 2.24) is 4.98 Å². The second-order valence-electron chi connectivity index (χ2n) is 5.10.